The second-order valence-corrected chi connectivity index (χ2v) is 7.52. The lowest BCUT2D eigenvalue weighted by Crippen LogP contribution is -2.29. The number of carbonyl (C=O) groups is 1. The maximum Gasteiger partial charge on any atom is 0.277 e. The van der Waals surface area contributed by atoms with E-state index in [0.717, 1.165) is 15.2 Å². The van der Waals surface area contributed by atoms with Crippen LogP contribution in [0.2, 0.25) is 5.02 Å². The molecule has 0 saturated carbocycles. The summed E-state index contributed by atoms with van der Waals surface area (Å²) in [7, 11) is 0. The normalized spacial score (nSPS) is 12.0. The summed E-state index contributed by atoms with van der Waals surface area (Å²) >= 11 is 7.84. The Bertz CT molecular complexity index is 852. The summed E-state index contributed by atoms with van der Waals surface area (Å²) in [5.74, 6) is -3.33. The molecule has 0 heterocycles. The SMILES string of the molecule is Cc1cc(I)ccc1Nc1c(C(=O)NOC(C)CCO)cc(Cl)c(F)c1F. The van der Waals surface area contributed by atoms with E-state index in [1.54, 1.807) is 26.0 Å². The van der Waals surface area contributed by atoms with Crippen LogP contribution in [0.1, 0.15) is 29.3 Å². The molecule has 2 aromatic rings. The summed E-state index contributed by atoms with van der Waals surface area (Å²) < 4.78 is 29.5. The van der Waals surface area contributed by atoms with Gasteiger partial charge in [0, 0.05) is 15.9 Å². The van der Waals surface area contributed by atoms with Gasteiger partial charge in [-0.15, -0.1) is 0 Å². The van der Waals surface area contributed by atoms with Gasteiger partial charge in [0.2, 0.25) is 0 Å². The van der Waals surface area contributed by atoms with E-state index in [0.29, 0.717) is 12.1 Å². The first-order valence-electron chi connectivity index (χ1n) is 8.02. The van der Waals surface area contributed by atoms with E-state index >= 15 is 0 Å². The molecule has 2 aromatic carbocycles. The van der Waals surface area contributed by atoms with Crippen LogP contribution in [0.3, 0.4) is 0 Å². The molecule has 3 N–H and O–H groups in total. The monoisotopic (exact) mass is 510 g/mol. The summed E-state index contributed by atoms with van der Waals surface area (Å²) in [6, 6.07) is 6.37. The number of hydroxylamine groups is 1. The van der Waals surface area contributed by atoms with Gasteiger partial charge in [-0.1, -0.05) is 11.6 Å². The number of hydrogen-bond acceptors (Lipinski definition) is 4. The van der Waals surface area contributed by atoms with Gasteiger partial charge in [0.1, 0.15) is 0 Å². The quantitative estimate of drug-likeness (QED) is 0.287. The fourth-order valence-corrected chi connectivity index (χ4v) is 3.09. The van der Waals surface area contributed by atoms with Gasteiger partial charge in [0.25, 0.3) is 5.91 Å². The molecule has 0 aliphatic rings. The molecule has 9 heteroatoms. The highest BCUT2D eigenvalue weighted by Crippen LogP contribution is 2.32. The van der Waals surface area contributed by atoms with Crippen molar-refractivity contribution < 1.29 is 23.5 Å². The highest BCUT2D eigenvalue weighted by molar-refractivity contribution is 14.1. The third-order valence-corrected chi connectivity index (χ3v) is 4.69. The number of anilines is 2. The van der Waals surface area contributed by atoms with E-state index in [1.165, 1.54) is 0 Å². The van der Waals surface area contributed by atoms with Gasteiger partial charge in [-0.2, -0.15) is 0 Å². The Morgan fingerprint density at radius 3 is 2.67 bits per heavy atom. The highest BCUT2D eigenvalue weighted by atomic mass is 127. The van der Waals surface area contributed by atoms with Gasteiger partial charge < -0.3 is 10.4 Å². The average Bonchev–Trinajstić information content (AvgIpc) is 2.62. The number of aliphatic hydroxyl groups is 1. The fraction of sp³-hybridized carbons (Fsp3) is 0.278. The lowest BCUT2D eigenvalue weighted by molar-refractivity contribution is -0.0168. The van der Waals surface area contributed by atoms with Crippen molar-refractivity contribution in [3.05, 3.63) is 55.6 Å². The second-order valence-electron chi connectivity index (χ2n) is 5.87. The van der Waals surface area contributed by atoms with E-state index in [2.05, 4.69) is 33.4 Å². The Morgan fingerprint density at radius 1 is 1.33 bits per heavy atom. The molecule has 0 aromatic heterocycles. The molecule has 0 fully saturated rings. The van der Waals surface area contributed by atoms with Gasteiger partial charge in [0.15, 0.2) is 11.6 Å². The largest absolute Gasteiger partial charge is 0.396 e. The van der Waals surface area contributed by atoms with E-state index < -0.39 is 28.7 Å². The molecule has 0 aliphatic carbocycles. The zero-order chi connectivity index (χ0) is 20.1. The van der Waals surface area contributed by atoms with Gasteiger partial charge in [-0.25, -0.2) is 14.3 Å². The zero-order valence-corrected chi connectivity index (χ0v) is 17.5. The maximum absolute atomic E-state index is 14.5. The van der Waals surface area contributed by atoms with E-state index in [1.807, 2.05) is 6.07 Å². The molecule has 0 aliphatic heterocycles. The third-order valence-electron chi connectivity index (χ3n) is 3.74. The van der Waals surface area contributed by atoms with Gasteiger partial charge >= 0.3 is 0 Å². The molecule has 0 bridgehead atoms. The highest BCUT2D eigenvalue weighted by Gasteiger charge is 2.23. The van der Waals surface area contributed by atoms with Crippen molar-refractivity contribution in [2.45, 2.75) is 26.4 Å². The Balaban J connectivity index is 2.37. The number of rotatable bonds is 7. The van der Waals surface area contributed by atoms with Crippen LogP contribution in [0.4, 0.5) is 20.2 Å². The number of halogens is 4. The van der Waals surface area contributed by atoms with Crippen molar-refractivity contribution in [3.8, 4) is 0 Å². The van der Waals surface area contributed by atoms with Crippen LogP contribution in [0.5, 0.6) is 0 Å². The minimum Gasteiger partial charge on any atom is -0.396 e. The van der Waals surface area contributed by atoms with Crippen molar-refractivity contribution in [2.75, 3.05) is 11.9 Å². The molecule has 1 atom stereocenters. The molecule has 1 amide bonds. The van der Waals surface area contributed by atoms with E-state index in [-0.39, 0.29) is 17.9 Å². The summed E-state index contributed by atoms with van der Waals surface area (Å²) in [6.07, 6.45) is -0.166. The average molecular weight is 511 g/mol. The zero-order valence-electron chi connectivity index (χ0n) is 14.6. The smallest absolute Gasteiger partial charge is 0.277 e. The molecule has 1 unspecified atom stereocenters. The van der Waals surface area contributed by atoms with Crippen molar-refractivity contribution in [1.29, 1.82) is 0 Å². The van der Waals surface area contributed by atoms with Gasteiger partial charge in [-0.05, 0) is 72.7 Å². The number of carbonyl (C=O) groups excluding carboxylic acids is 1. The van der Waals surface area contributed by atoms with Crippen molar-refractivity contribution in [3.63, 3.8) is 0 Å². The first-order valence-corrected chi connectivity index (χ1v) is 9.47. The van der Waals surface area contributed by atoms with Crippen LogP contribution in [-0.4, -0.2) is 23.7 Å². The minimum atomic E-state index is -1.27. The Hall–Kier alpha value is -1.49. The van der Waals surface area contributed by atoms with Crippen LogP contribution in [0.15, 0.2) is 24.3 Å². The molecule has 2 rings (SSSR count). The lowest BCUT2D eigenvalue weighted by Gasteiger charge is -2.17. The lowest BCUT2D eigenvalue weighted by atomic mass is 10.1. The predicted molar refractivity (Wildman–Crippen MR) is 108 cm³/mol. The Morgan fingerprint density at radius 2 is 2.04 bits per heavy atom. The summed E-state index contributed by atoms with van der Waals surface area (Å²) in [5, 5.41) is 11.1. The molecular weight excluding hydrogens is 493 g/mol. The molecule has 146 valence electrons. The summed E-state index contributed by atoms with van der Waals surface area (Å²) in [6.45, 7) is 3.32. The molecule has 5 nitrogen and oxygen atoms in total. The van der Waals surface area contributed by atoms with E-state index in [4.69, 9.17) is 21.5 Å². The van der Waals surface area contributed by atoms with Crippen molar-refractivity contribution in [2.24, 2.45) is 0 Å². The topological polar surface area (TPSA) is 70.6 Å². The van der Waals surface area contributed by atoms with Gasteiger partial charge in [-0.3, -0.25) is 9.63 Å². The standard InChI is InChI=1S/C18H18ClF2IN2O3/c1-9-7-11(22)3-4-14(9)23-17-12(8-13(19)15(20)16(17)21)18(26)24-27-10(2)5-6-25/h3-4,7-8,10,23,25H,5-6H2,1-2H3,(H,24,26). The fourth-order valence-electron chi connectivity index (χ4n) is 2.25. The summed E-state index contributed by atoms with van der Waals surface area (Å²) in [4.78, 5) is 17.5. The molecule has 0 spiro atoms. The first kappa shape index (κ1) is 21.8. The van der Waals surface area contributed by atoms with Crippen molar-refractivity contribution in [1.82, 2.24) is 5.48 Å². The molecule has 27 heavy (non-hydrogen) atoms. The number of benzene rings is 2. The number of nitrogens with one attached hydrogen (secondary N) is 2. The number of amides is 1. The van der Waals surface area contributed by atoms with Gasteiger partial charge in [0.05, 0.1) is 22.4 Å². The van der Waals surface area contributed by atoms with Crippen LogP contribution >= 0.6 is 34.2 Å². The summed E-state index contributed by atoms with van der Waals surface area (Å²) in [5.41, 5.74) is 2.91. The second kappa shape index (κ2) is 9.63. The third kappa shape index (κ3) is 5.50. The molecule has 0 saturated heterocycles. The van der Waals surface area contributed by atoms with Crippen molar-refractivity contribution >= 4 is 51.5 Å². The maximum atomic E-state index is 14.5. The number of aliphatic hydroxyl groups excluding tert-OH is 1. The Kier molecular flexibility index (Phi) is 7.78. The van der Waals surface area contributed by atoms with E-state index in [9.17, 15) is 13.6 Å². The minimum absolute atomic E-state index is 0.118. The van der Waals surface area contributed by atoms with Crippen LogP contribution in [0, 0.1) is 22.1 Å². The number of hydrogen-bond donors (Lipinski definition) is 3. The van der Waals surface area contributed by atoms with Crippen LogP contribution < -0.4 is 10.8 Å². The van der Waals surface area contributed by atoms with Crippen LogP contribution in [0.25, 0.3) is 0 Å². The first-order chi connectivity index (χ1) is 12.7. The molecular formula is C18H18ClF2IN2O3. The Labute approximate surface area is 174 Å². The van der Waals surface area contributed by atoms with Crippen LogP contribution in [-0.2, 0) is 4.84 Å². The number of aryl methyl sites for hydroxylation is 1. The molecule has 0 radical (unpaired) electrons. The predicted octanol–water partition coefficient (Wildman–Crippen LogP) is 4.71.